The third-order valence-electron chi connectivity index (χ3n) is 4.75. The van der Waals surface area contributed by atoms with Crippen LogP contribution in [0.5, 0.6) is 0 Å². The number of rotatable bonds is 7. The molecule has 0 amide bonds. The highest BCUT2D eigenvalue weighted by Crippen LogP contribution is 2.19. The van der Waals surface area contributed by atoms with Crippen LogP contribution in [0.3, 0.4) is 0 Å². The van der Waals surface area contributed by atoms with E-state index in [0.29, 0.717) is 18.0 Å². The van der Waals surface area contributed by atoms with E-state index in [4.69, 9.17) is 0 Å². The van der Waals surface area contributed by atoms with E-state index in [-0.39, 0.29) is 0 Å². The molecule has 1 aliphatic heterocycles. The van der Waals surface area contributed by atoms with Gasteiger partial charge in [-0.1, -0.05) is 20.8 Å². The van der Waals surface area contributed by atoms with Gasteiger partial charge in [-0.05, 0) is 65.3 Å². The largest absolute Gasteiger partial charge is 0.314 e. The fraction of sp³-hybridized carbons (Fsp3) is 1.00. The van der Waals surface area contributed by atoms with Gasteiger partial charge in [0.05, 0.1) is 0 Å². The predicted octanol–water partition coefficient (Wildman–Crippen LogP) is 2.28. The van der Waals surface area contributed by atoms with E-state index in [2.05, 4.69) is 56.9 Å². The maximum absolute atomic E-state index is 3.56. The zero-order valence-corrected chi connectivity index (χ0v) is 13.9. The SMILES string of the molecule is CC(C)NCC(C)C(C)N(C)CC1CCN(C)CC1. The Bertz CT molecular complexity index is 234. The van der Waals surface area contributed by atoms with Crippen molar-refractivity contribution in [2.24, 2.45) is 11.8 Å². The predicted molar refractivity (Wildman–Crippen MR) is 84.6 cm³/mol. The van der Waals surface area contributed by atoms with Gasteiger partial charge in [0.2, 0.25) is 0 Å². The number of nitrogens with zero attached hydrogens (tertiary/aromatic N) is 2. The minimum Gasteiger partial charge on any atom is -0.314 e. The van der Waals surface area contributed by atoms with Gasteiger partial charge in [0.1, 0.15) is 0 Å². The lowest BCUT2D eigenvalue weighted by molar-refractivity contribution is 0.131. The first-order valence-corrected chi connectivity index (χ1v) is 8.02. The standard InChI is InChI=1S/C16H35N3/c1-13(2)17-11-14(3)15(4)19(6)12-16-7-9-18(5)10-8-16/h13-17H,7-12H2,1-6H3. The second-order valence-corrected chi connectivity index (χ2v) is 6.97. The molecule has 1 saturated heterocycles. The molecule has 0 aromatic heterocycles. The third-order valence-corrected chi connectivity index (χ3v) is 4.75. The van der Waals surface area contributed by atoms with Gasteiger partial charge in [0, 0.05) is 18.6 Å². The van der Waals surface area contributed by atoms with E-state index in [1.54, 1.807) is 0 Å². The molecule has 3 nitrogen and oxygen atoms in total. The van der Waals surface area contributed by atoms with Crippen LogP contribution in [0.15, 0.2) is 0 Å². The van der Waals surface area contributed by atoms with Crippen LogP contribution in [0.1, 0.15) is 40.5 Å². The van der Waals surface area contributed by atoms with E-state index in [1.165, 1.54) is 32.5 Å². The van der Waals surface area contributed by atoms with Crippen LogP contribution in [0.4, 0.5) is 0 Å². The molecule has 2 unspecified atom stereocenters. The van der Waals surface area contributed by atoms with Gasteiger partial charge >= 0.3 is 0 Å². The summed E-state index contributed by atoms with van der Waals surface area (Å²) in [6.07, 6.45) is 2.73. The van der Waals surface area contributed by atoms with Crippen molar-refractivity contribution in [1.82, 2.24) is 15.1 Å². The zero-order chi connectivity index (χ0) is 14.4. The molecule has 1 rings (SSSR count). The molecule has 1 fully saturated rings. The molecule has 0 aromatic rings. The van der Waals surface area contributed by atoms with Gasteiger partial charge < -0.3 is 15.1 Å². The molecule has 0 saturated carbocycles. The van der Waals surface area contributed by atoms with E-state index in [1.807, 2.05) is 0 Å². The van der Waals surface area contributed by atoms with Crippen molar-refractivity contribution in [2.75, 3.05) is 40.3 Å². The Morgan fingerprint density at radius 3 is 2.26 bits per heavy atom. The van der Waals surface area contributed by atoms with Gasteiger partial charge in [-0.15, -0.1) is 0 Å². The van der Waals surface area contributed by atoms with Gasteiger partial charge in [-0.3, -0.25) is 0 Å². The molecule has 19 heavy (non-hydrogen) atoms. The number of piperidine rings is 1. The molecule has 0 aliphatic carbocycles. The monoisotopic (exact) mass is 269 g/mol. The van der Waals surface area contributed by atoms with Crippen molar-refractivity contribution in [3.05, 3.63) is 0 Å². The Morgan fingerprint density at radius 1 is 1.16 bits per heavy atom. The smallest absolute Gasteiger partial charge is 0.0102 e. The highest BCUT2D eigenvalue weighted by molar-refractivity contribution is 4.78. The van der Waals surface area contributed by atoms with Gasteiger partial charge in [-0.25, -0.2) is 0 Å². The Labute approximate surface area is 120 Å². The Balaban J connectivity index is 2.29. The normalized spacial score (nSPS) is 22.1. The summed E-state index contributed by atoms with van der Waals surface area (Å²) in [7, 11) is 4.54. The van der Waals surface area contributed by atoms with Gasteiger partial charge in [0.25, 0.3) is 0 Å². The maximum atomic E-state index is 3.56. The quantitative estimate of drug-likeness (QED) is 0.765. The Hall–Kier alpha value is -0.120. The number of hydrogen-bond acceptors (Lipinski definition) is 3. The molecule has 0 aromatic carbocycles. The Kier molecular flexibility index (Phi) is 7.33. The summed E-state index contributed by atoms with van der Waals surface area (Å²) in [5, 5.41) is 3.56. The average Bonchev–Trinajstić information content (AvgIpc) is 2.37. The summed E-state index contributed by atoms with van der Waals surface area (Å²) in [6.45, 7) is 14.1. The van der Waals surface area contributed by atoms with Crippen LogP contribution in [-0.2, 0) is 0 Å². The molecule has 114 valence electrons. The van der Waals surface area contributed by atoms with Gasteiger partial charge in [0.15, 0.2) is 0 Å². The van der Waals surface area contributed by atoms with Crippen molar-refractivity contribution >= 4 is 0 Å². The second kappa shape index (κ2) is 8.23. The molecule has 1 aliphatic rings. The maximum Gasteiger partial charge on any atom is 0.0102 e. The summed E-state index contributed by atoms with van der Waals surface area (Å²) in [5.41, 5.74) is 0. The van der Waals surface area contributed by atoms with Gasteiger partial charge in [-0.2, -0.15) is 0 Å². The molecule has 0 spiro atoms. The van der Waals surface area contributed by atoms with Crippen LogP contribution >= 0.6 is 0 Å². The van der Waals surface area contributed by atoms with Crippen molar-refractivity contribution in [1.29, 1.82) is 0 Å². The number of hydrogen-bond donors (Lipinski definition) is 1. The first-order valence-electron chi connectivity index (χ1n) is 8.02. The second-order valence-electron chi connectivity index (χ2n) is 6.97. The summed E-state index contributed by atoms with van der Waals surface area (Å²) in [4.78, 5) is 5.03. The van der Waals surface area contributed by atoms with Crippen molar-refractivity contribution in [3.8, 4) is 0 Å². The highest BCUT2D eigenvalue weighted by Gasteiger charge is 2.22. The molecule has 1 N–H and O–H groups in total. The third kappa shape index (κ3) is 6.24. The zero-order valence-electron chi connectivity index (χ0n) is 13.9. The van der Waals surface area contributed by atoms with E-state index >= 15 is 0 Å². The van der Waals surface area contributed by atoms with Crippen molar-refractivity contribution in [2.45, 2.75) is 52.6 Å². The Morgan fingerprint density at radius 2 is 1.74 bits per heavy atom. The van der Waals surface area contributed by atoms with Crippen LogP contribution < -0.4 is 5.32 Å². The molecular formula is C16H35N3. The molecule has 1 heterocycles. The number of likely N-dealkylation sites (tertiary alicyclic amines) is 1. The van der Waals surface area contributed by atoms with Crippen LogP contribution in [0, 0.1) is 11.8 Å². The number of nitrogens with one attached hydrogen (secondary N) is 1. The lowest BCUT2D eigenvalue weighted by atomic mass is 9.94. The summed E-state index contributed by atoms with van der Waals surface area (Å²) < 4.78 is 0. The topological polar surface area (TPSA) is 18.5 Å². The summed E-state index contributed by atoms with van der Waals surface area (Å²) in [6, 6.07) is 1.25. The van der Waals surface area contributed by atoms with E-state index in [9.17, 15) is 0 Å². The molecular weight excluding hydrogens is 234 g/mol. The fourth-order valence-electron chi connectivity index (χ4n) is 2.84. The average molecular weight is 269 g/mol. The lowest BCUT2D eigenvalue weighted by Crippen LogP contribution is -2.43. The first-order chi connectivity index (χ1) is 8.90. The molecule has 3 heteroatoms. The minimum atomic E-state index is 0.592. The van der Waals surface area contributed by atoms with E-state index < -0.39 is 0 Å². The molecule has 2 atom stereocenters. The van der Waals surface area contributed by atoms with Crippen molar-refractivity contribution in [3.63, 3.8) is 0 Å². The highest BCUT2D eigenvalue weighted by atomic mass is 15.1. The van der Waals surface area contributed by atoms with E-state index in [0.717, 1.165) is 12.5 Å². The molecule has 0 radical (unpaired) electrons. The lowest BCUT2D eigenvalue weighted by Gasteiger charge is -2.36. The minimum absolute atomic E-state index is 0.592. The van der Waals surface area contributed by atoms with Crippen LogP contribution in [0.2, 0.25) is 0 Å². The summed E-state index contributed by atoms with van der Waals surface area (Å²) in [5.74, 6) is 1.60. The summed E-state index contributed by atoms with van der Waals surface area (Å²) >= 11 is 0. The molecule has 0 bridgehead atoms. The van der Waals surface area contributed by atoms with Crippen LogP contribution in [-0.4, -0.2) is 62.2 Å². The first kappa shape index (κ1) is 16.9. The van der Waals surface area contributed by atoms with Crippen LogP contribution in [0.25, 0.3) is 0 Å². The van der Waals surface area contributed by atoms with Crippen molar-refractivity contribution < 1.29 is 0 Å². The fourth-order valence-corrected chi connectivity index (χ4v) is 2.84.